The maximum absolute atomic E-state index is 13.3. The van der Waals surface area contributed by atoms with Gasteiger partial charge >= 0.3 is 5.97 Å². The van der Waals surface area contributed by atoms with E-state index >= 15 is 0 Å². The molecule has 0 spiro atoms. The van der Waals surface area contributed by atoms with Crippen LogP contribution in [-0.2, 0) is 19.6 Å². The van der Waals surface area contributed by atoms with Gasteiger partial charge in [-0.05, 0) is 43.5 Å². The first-order chi connectivity index (χ1) is 13.7. The van der Waals surface area contributed by atoms with E-state index in [-0.39, 0.29) is 28.6 Å². The van der Waals surface area contributed by atoms with Gasteiger partial charge in [0.2, 0.25) is 0 Å². The number of benzene rings is 2. The number of carbonyl (C=O) groups is 1. The number of hydrogen-bond donors (Lipinski definition) is 0. The lowest BCUT2D eigenvalue weighted by Gasteiger charge is -2.25. The van der Waals surface area contributed by atoms with E-state index in [0.717, 1.165) is 15.3 Å². The summed E-state index contributed by atoms with van der Waals surface area (Å²) in [6.45, 7) is 0.977. The molecule has 0 fully saturated rings. The van der Waals surface area contributed by atoms with Crippen LogP contribution in [0.3, 0.4) is 0 Å². The first kappa shape index (κ1) is 22.5. The standard InChI is InChI=1S/C18H20N2O7S2/c1-4-27-18(21)12-19(16-11-13(20(22)23)5-10-17(16)26-2)29(24,25)15-8-6-14(28-3)7-9-15/h5-11H,4,12H2,1-3H3. The average molecular weight is 440 g/mol. The smallest absolute Gasteiger partial charge is 0.326 e. The van der Waals surface area contributed by atoms with Gasteiger partial charge in [0.25, 0.3) is 15.7 Å². The molecule has 0 aliphatic heterocycles. The highest BCUT2D eigenvalue weighted by molar-refractivity contribution is 7.98. The SMILES string of the molecule is CCOC(=O)CN(c1cc([N+](=O)[O-])ccc1OC)S(=O)(=O)c1ccc(SC)cc1. The summed E-state index contributed by atoms with van der Waals surface area (Å²) in [6, 6.07) is 9.58. The van der Waals surface area contributed by atoms with E-state index in [1.807, 2.05) is 6.26 Å². The highest BCUT2D eigenvalue weighted by atomic mass is 32.2. The second-order valence-corrected chi connectivity index (χ2v) is 8.35. The Hall–Kier alpha value is -2.79. The van der Waals surface area contributed by atoms with Crippen LogP contribution in [0.2, 0.25) is 0 Å². The minimum atomic E-state index is -4.25. The third-order valence-corrected chi connectivity index (χ3v) is 6.38. The van der Waals surface area contributed by atoms with Crippen LogP contribution in [0.15, 0.2) is 52.3 Å². The van der Waals surface area contributed by atoms with Gasteiger partial charge in [-0.2, -0.15) is 0 Å². The van der Waals surface area contributed by atoms with Crippen LogP contribution in [-0.4, -0.2) is 45.8 Å². The molecule has 0 amide bonds. The highest BCUT2D eigenvalue weighted by Crippen LogP contribution is 2.35. The summed E-state index contributed by atoms with van der Waals surface area (Å²) < 4.78 is 37.4. The van der Waals surface area contributed by atoms with Gasteiger partial charge in [-0.1, -0.05) is 0 Å². The number of esters is 1. The third kappa shape index (κ3) is 5.18. The van der Waals surface area contributed by atoms with Crippen molar-refractivity contribution >= 4 is 39.1 Å². The Bertz CT molecular complexity index is 992. The third-order valence-electron chi connectivity index (χ3n) is 3.87. The maximum Gasteiger partial charge on any atom is 0.326 e. The molecule has 0 aliphatic carbocycles. The fraction of sp³-hybridized carbons (Fsp3) is 0.278. The van der Waals surface area contributed by atoms with Gasteiger partial charge in [0.15, 0.2) is 0 Å². The number of carbonyl (C=O) groups excluding carboxylic acids is 1. The number of nitrogens with zero attached hydrogens (tertiary/aromatic N) is 2. The van der Waals surface area contributed by atoms with Crippen molar-refractivity contribution in [1.82, 2.24) is 0 Å². The molecule has 29 heavy (non-hydrogen) atoms. The predicted octanol–water partition coefficient (Wildman–Crippen LogP) is 3.08. The van der Waals surface area contributed by atoms with Crippen LogP contribution in [0.25, 0.3) is 0 Å². The highest BCUT2D eigenvalue weighted by Gasteiger charge is 2.31. The van der Waals surface area contributed by atoms with Crippen LogP contribution in [0.4, 0.5) is 11.4 Å². The molecule has 0 atom stereocenters. The van der Waals surface area contributed by atoms with Crippen LogP contribution in [0, 0.1) is 10.1 Å². The van der Waals surface area contributed by atoms with Crippen molar-refractivity contribution in [2.24, 2.45) is 0 Å². The molecule has 2 aromatic carbocycles. The number of rotatable bonds is 9. The lowest BCUT2D eigenvalue weighted by Crippen LogP contribution is -2.37. The number of nitro benzene ring substituents is 1. The Morgan fingerprint density at radius 3 is 2.38 bits per heavy atom. The molecule has 0 N–H and O–H groups in total. The van der Waals surface area contributed by atoms with Crippen LogP contribution >= 0.6 is 11.8 Å². The summed E-state index contributed by atoms with van der Waals surface area (Å²) in [6.07, 6.45) is 1.85. The summed E-state index contributed by atoms with van der Waals surface area (Å²) >= 11 is 1.44. The fourth-order valence-electron chi connectivity index (χ4n) is 2.49. The quantitative estimate of drug-likeness (QED) is 0.253. The molecule has 0 saturated heterocycles. The lowest BCUT2D eigenvalue weighted by molar-refractivity contribution is -0.384. The van der Waals surface area contributed by atoms with Gasteiger partial charge in [-0.15, -0.1) is 11.8 Å². The number of non-ortho nitro benzene ring substituents is 1. The second kappa shape index (κ2) is 9.61. The van der Waals surface area contributed by atoms with Crippen molar-refractivity contribution in [2.45, 2.75) is 16.7 Å². The van der Waals surface area contributed by atoms with E-state index in [4.69, 9.17) is 9.47 Å². The molecular formula is C18H20N2O7S2. The molecule has 0 aliphatic rings. The lowest BCUT2D eigenvalue weighted by atomic mass is 10.2. The largest absolute Gasteiger partial charge is 0.495 e. The number of sulfonamides is 1. The number of thioether (sulfide) groups is 1. The molecule has 2 rings (SSSR count). The summed E-state index contributed by atoms with van der Waals surface area (Å²) in [5.41, 5.74) is -0.480. The van der Waals surface area contributed by atoms with E-state index in [1.165, 1.54) is 43.1 Å². The van der Waals surface area contributed by atoms with Gasteiger partial charge in [-0.3, -0.25) is 19.2 Å². The van der Waals surface area contributed by atoms with E-state index < -0.39 is 27.5 Å². The Labute approximate surface area is 172 Å². The Balaban J connectivity index is 2.64. The number of anilines is 1. The van der Waals surface area contributed by atoms with Gasteiger partial charge in [0.1, 0.15) is 18.0 Å². The van der Waals surface area contributed by atoms with Crippen molar-refractivity contribution in [3.8, 4) is 5.75 Å². The Morgan fingerprint density at radius 1 is 1.21 bits per heavy atom. The molecule has 0 aromatic heterocycles. The van der Waals surface area contributed by atoms with Gasteiger partial charge in [0.05, 0.1) is 23.5 Å². The maximum atomic E-state index is 13.3. The molecule has 0 radical (unpaired) electrons. The normalized spacial score (nSPS) is 11.0. The van der Waals surface area contributed by atoms with Gasteiger partial charge in [-0.25, -0.2) is 8.42 Å². The molecule has 0 saturated carbocycles. The molecule has 0 heterocycles. The van der Waals surface area contributed by atoms with Crippen LogP contribution < -0.4 is 9.04 Å². The molecule has 0 bridgehead atoms. The zero-order valence-electron chi connectivity index (χ0n) is 16.0. The fourth-order valence-corrected chi connectivity index (χ4v) is 4.31. The Morgan fingerprint density at radius 2 is 1.86 bits per heavy atom. The van der Waals surface area contributed by atoms with E-state index in [9.17, 15) is 23.3 Å². The molecule has 11 heteroatoms. The average Bonchev–Trinajstić information content (AvgIpc) is 2.71. The zero-order valence-corrected chi connectivity index (χ0v) is 17.7. The van der Waals surface area contributed by atoms with Crippen LogP contribution in [0.5, 0.6) is 5.75 Å². The zero-order chi connectivity index (χ0) is 21.6. The topological polar surface area (TPSA) is 116 Å². The molecule has 0 unspecified atom stereocenters. The number of hydrogen-bond acceptors (Lipinski definition) is 8. The molecule has 2 aromatic rings. The van der Waals surface area contributed by atoms with Gasteiger partial charge < -0.3 is 9.47 Å². The van der Waals surface area contributed by atoms with Gasteiger partial charge in [0, 0.05) is 17.0 Å². The van der Waals surface area contributed by atoms with Crippen molar-refractivity contribution in [1.29, 1.82) is 0 Å². The van der Waals surface area contributed by atoms with E-state index in [2.05, 4.69) is 0 Å². The summed E-state index contributed by atoms with van der Waals surface area (Å²) in [5.74, 6) is -0.741. The number of methoxy groups -OCH3 is 1. The predicted molar refractivity (Wildman–Crippen MR) is 109 cm³/mol. The monoisotopic (exact) mass is 440 g/mol. The Kier molecular flexibility index (Phi) is 7.46. The summed E-state index contributed by atoms with van der Waals surface area (Å²) in [4.78, 5) is 23.4. The van der Waals surface area contributed by atoms with E-state index in [0.29, 0.717) is 0 Å². The molecule has 156 valence electrons. The summed E-state index contributed by atoms with van der Waals surface area (Å²) in [5, 5.41) is 11.2. The van der Waals surface area contributed by atoms with Crippen molar-refractivity contribution < 1.29 is 27.6 Å². The minimum absolute atomic E-state index is 0.0568. The molecular weight excluding hydrogens is 420 g/mol. The minimum Gasteiger partial charge on any atom is -0.495 e. The summed E-state index contributed by atoms with van der Waals surface area (Å²) in [7, 11) is -2.95. The van der Waals surface area contributed by atoms with Crippen molar-refractivity contribution in [2.75, 3.05) is 30.8 Å². The van der Waals surface area contributed by atoms with Crippen molar-refractivity contribution in [3.05, 3.63) is 52.6 Å². The van der Waals surface area contributed by atoms with E-state index in [1.54, 1.807) is 19.1 Å². The van der Waals surface area contributed by atoms with Crippen LogP contribution in [0.1, 0.15) is 6.92 Å². The van der Waals surface area contributed by atoms with Crippen molar-refractivity contribution in [3.63, 3.8) is 0 Å². The number of nitro groups is 1. The first-order valence-electron chi connectivity index (χ1n) is 8.39. The molecule has 9 nitrogen and oxygen atoms in total. The second-order valence-electron chi connectivity index (χ2n) is 5.61. The first-order valence-corrected chi connectivity index (χ1v) is 11.1. The number of ether oxygens (including phenoxy) is 2.